The van der Waals surface area contributed by atoms with Gasteiger partial charge in [-0.25, -0.2) is 0 Å². The third kappa shape index (κ3) is 2.61. The quantitative estimate of drug-likeness (QED) is 0.802. The summed E-state index contributed by atoms with van der Waals surface area (Å²) in [5.74, 6) is -0.885. The van der Waals surface area contributed by atoms with E-state index in [-0.39, 0.29) is 4.90 Å². The van der Waals surface area contributed by atoms with Gasteiger partial charge in [-0.15, -0.1) is 0 Å². The molecule has 0 saturated carbocycles. The lowest BCUT2D eigenvalue weighted by Gasteiger charge is -2.32. The van der Waals surface area contributed by atoms with Gasteiger partial charge in [0.25, 0.3) is 0 Å². The molecule has 4 nitrogen and oxygen atoms in total. The van der Waals surface area contributed by atoms with Gasteiger partial charge in [-0.05, 0) is 46.5 Å². The maximum Gasteiger partial charge on any atom is 0.498 e. The number of hydrogen-bond acceptors (Lipinski definition) is 4. The molecule has 0 bridgehead atoms. The molecule has 0 atom stereocenters. The summed E-state index contributed by atoms with van der Waals surface area (Å²) in [6.07, 6.45) is -6.97. The maximum absolute atomic E-state index is 8.63. The average Bonchev–Trinajstić information content (AvgIpc) is 2.91. The minimum absolute atomic E-state index is 0.0664. The number of anilines is 1. The fraction of sp³-hybridized carbons (Fsp3) is 0.647. The highest BCUT2D eigenvalue weighted by molar-refractivity contribution is 6.63. The summed E-state index contributed by atoms with van der Waals surface area (Å²) < 4.78 is 130. The van der Waals surface area contributed by atoms with Gasteiger partial charge in [0.05, 0.1) is 26.5 Å². The van der Waals surface area contributed by atoms with Crippen molar-refractivity contribution in [2.45, 2.75) is 51.6 Å². The zero-order valence-corrected chi connectivity index (χ0v) is 12.7. The van der Waals surface area contributed by atoms with Gasteiger partial charge in [0.15, 0.2) is 0 Å². The fourth-order valence-electron chi connectivity index (χ4n) is 2.02. The molecule has 0 amide bonds. The van der Waals surface area contributed by atoms with Crippen LogP contribution in [0.5, 0.6) is 5.75 Å². The lowest BCUT2D eigenvalue weighted by Crippen LogP contribution is -2.41. The summed E-state index contributed by atoms with van der Waals surface area (Å²) in [6, 6.07) is -2.92. The Labute approximate surface area is 153 Å². The van der Waals surface area contributed by atoms with Crippen molar-refractivity contribution in [3.8, 4) is 5.75 Å². The summed E-state index contributed by atoms with van der Waals surface area (Å²) >= 11 is 0. The van der Waals surface area contributed by atoms with Crippen LogP contribution < -0.4 is 15.1 Å². The van der Waals surface area contributed by atoms with E-state index in [0.29, 0.717) is 0 Å². The van der Waals surface area contributed by atoms with Crippen molar-refractivity contribution in [1.82, 2.24) is 0 Å². The molecule has 2 heterocycles. The molecule has 1 aromatic rings. The largest absolute Gasteiger partial charge is 0.498 e. The Morgan fingerprint density at radius 2 is 1.86 bits per heavy atom. The van der Waals surface area contributed by atoms with Crippen molar-refractivity contribution >= 4 is 18.3 Å². The molecule has 3 rings (SSSR count). The van der Waals surface area contributed by atoms with Crippen LogP contribution in [0.15, 0.2) is 18.1 Å². The normalized spacial score (nSPS) is 42.2. The second kappa shape index (κ2) is 5.46. The number of rotatable bonds is 3. The van der Waals surface area contributed by atoms with Crippen LogP contribution in [0.25, 0.3) is 0 Å². The van der Waals surface area contributed by atoms with E-state index in [9.17, 15) is 0 Å². The number of nitrogens with zero attached hydrogens (tertiary/aromatic N) is 1. The molecule has 0 radical (unpaired) electrons. The lowest BCUT2D eigenvalue weighted by atomic mass is 9.78. The molecule has 120 valence electrons. The van der Waals surface area contributed by atoms with Gasteiger partial charge < -0.3 is 18.9 Å². The van der Waals surface area contributed by atoms with Gasteiger partial charge in [0, 0.05) is 41.2 Å². The van der Waals surface area contributed by atoms with Crippen LogP contribution in [-0.4, -0.2) is 38.4 Å². The Hall–Kier alpha value is -1.20. The second-order valence-corrected chi connectivity index (χ2v) is 5.97. The summed E-state index contributed by atoms with van der Waals surface area (Å²) in [4.78, 5) is -0.0664. The smallest absolute Gasteiger partial charge is 0.497 e. The number of hydrogen-bond donors (Lipinski definition) is 0. The monoisotopic (exact) mass is 317 g/mol. The van der Waals surface area contributed by atoms with E-state index in [1.165, 1.54) is 0 Å². The lowest BCUT2D eigenvalue weighted by molar-refractivity contribution is 0.00578. The van der Waals surface area contributed by atoms with Crippen molar-refractivity contribution in [3.63, 3.8) is 0 Å². The van der Waals surface area contributed by atoms with Crippen LogP contribution in [0, 0.1) is 0 Å². The van der Waals surface area contributed by atoms with Crippen LogP contribution in [-0.2, 0) is 9.31 Å². The summed E-state index contributed by atoms with van der Waals surface area (Å²) in [5.41, 5.74) is -3.50. The first-order chi connectivity index (χ1) is 15.8. The zero-order valence-electron chi connectivity index (χ0n) is 26.7. The molecule has 2 saturated heterocycles. The molecule has 5 heteroatoms. The topological polar surface area (TPSA) is 30.9 Å². The molecule has 2 aliphatic rings. The molecular weight excluding hydrogens is 277 g/mol. The molecular formula is C17H26BNO3. The number of methoxy groups -OCH3 is 1. The minimum atomic E-state index is -3.49. The first kappa shape index (κ1) is 6.02. The van der Waals surface area contributed by atoms with Gasteiger partial charge in [-0.3, -0.25) is 0 Å². The fourth-order valence-corrected chi connectivity index (χ4v) is 2.02. The summed E-state index contributed by atoms with van der Waals surface area (Å²) in [7, 11) is -4.71. The molecule has 0 spiro atoms. The highest BCUT2D eigenvalue weighted by atomic mass is 16.7. The molecule has 0 aliphatic carbocycles. The third-order valence-corrected chi connectivity index (χ3v) is 4.00. The Bertz CT molecular complexity index is 1050. The van der Waals surface area contributed by atoms with Crippen LogP contribution in [0.4, 0.5) is 5.69 Å². The highest BCUT2D eigenvalue weighted by Crippen LogP contribution is 2.37. The van der Waals surface area contributed by atoms with Gasteiger partial charge in [0.2, 0.25) is 0 Å². The van der Waals surface area contributed by atoms with Crippen LogP contribution >= 0.6 is 0 Å². The SMILES string of the molecule is [2H]c1c([2H])c(N2C([2H])([2H])C([2H])([2H])C([2H])([2H])C2([2H])[2H])c([2H])c(OC([2H])([2H])[2H])c1B1OC(C)(C)C(C)(C)O1. The van der Waals surface area contributed by atoms with Gasteiger partial charge in [-0.2, -0.15) is 0 Å². The van der Waals surface area contributed by atoms with E-state index in [1.54, 1.807) is 27.7 Å². The molecule has 22 heavy (non-hydrogen) atoms. The van der Waals surface area contributed by atoms with Crippen LogP contribution in [0.3, 0.4) is 0 Å². The van der Waals surface area contributed by atoms with Crippen LogP contribution in [0.2, 0.25) is 0 Å². The molecule has 0 aromatic heterocycles. The minimum Gasteiger partial charge on any atom is -0.497 e. The van der Waals surface area contributed by atoms with Crippen molar-refractivity contribution in [2.75, 3.05) is 24.9 Å². The predicted octanol–water partition coefficient (Wildman–Crippen LogP) is 2.59. The van der Waals surface area contributed by atoms with Crippen molar-refractivity contribution < 1.29 is 33.2 Å². The van der Waals surface area contributed by atoms with Crippen molar-refractivity contribution in [1.29, 1.82) is 0 Å². The van der Waals surface area contributed by atoms with Gasteiger partial charge >= 0.3 is 7.12 Å². The first-order valence-electron chi connectivity index (χ1n) is 13.7. The average molecular weight is 317 g/mol. The van der Waals surface area contributed by atoms with E-state index >= 15 is 0 Å². The number of ether oxygens (including phenoxy) is 1. The second-order valence-electron chi connectivity index (χ2n) is 5.97. The van der Waals surface area contributed by atoms with Crippen LogP contribution in [0.1, 0.15) is 59.6 Å². The van der Waals surface area contributed by atoms with E-state index in [1.807, 2.05) is 0 Å². The maximum atomic E-state index is 8.63. The molecule has 1 aromatic carbocycles. The molecule has 0 N–H and O–H groups in total. The Kier molecular flexibility index (Phi) is 1.50. The Morgan fingerprint density at radius 3 is 2.45 bits per heavy atom. The standard InChI is InChI=1S/C17H26BNO3/c1-16(2)17(3,4)22-18(21-16)14-9-8-13(12-15(14)20-5)19-10-6-7-11-19/h8-9,12H,6-7,10-11H2,1-5H3/i5D3,6D2,7D2,8D,9D,10D2,11D2,12D. The number of benzene rings is 1. The van der Waals surface area contributed by atoms with Gasteiger partial charge in [-0.1, -0.05) is 6.04 Å². The van der Waals surface area contributed by atoms with E-state index < -0.39 is 86.1 Å². The Balaban J connectivity index is 2.39. The Morgan fingerprint density at radius 1 is 1.23 bits per heavy atom. The summed E-state index contributed by atoms with van der Waals surface area (Å²) in [6.45, 7) is -0.292. The molecule has 2 aliphatic heterocycles. The van der Waals surface area contributed by atoms with Crippen molar-refractivity contribution in [3.05, 3.63) is 18.1 Å². The van der Waals surface area contributed by atoms with E-state index in [4.69, 9.17) is 33.2 Å². The van der Waals surface area contributed by atoms with Crippen molar-refractivity contribution in [2.24, 2.45) is 0 Å². The van der Waals surface area contributed by atoms with Gasteiger partial charge in [0.1, 0.15) is 5.75 Å². The zero-order chi connectivity index (χ0) is 28.2. The first-order valence-corrected chi connectivity index (χ1v) is 6.75. The molecule has 0 unspecified atom stereocenters. The molecule has 2 fully saturated rings. The van der Waals surface area contributed by atoms with E-state index in [2.05, 4.69) is 0 Å². The van der Waals surface area contributed by atoms with E-state index in [0.717, 1.165) is 0 Å². The third-order valence-electron chi connectivity index (χ3n) is 4.00. The summed E-state index contributed by atoms with van der Waals surface area (Å²) in [5, 5.41) is 0. The highest BCUT2D eigenvalue weighted by Gasteiger charge is 2.52. The predicted molar refractivity (Wildman–Crippen MR) is 90.2 cm³/mol.